The molecule has 2 unspecified atom stereocenters. The minimum absolute atomic E-state index is 0.00497. The van der Waals surface area contributed by atoms with Gasteiger partial charge in [-0.15, -0.1) is 0 Å². The molecule has 2 aromatic heterocycles. The van der Waals surface area contributed by atoms with Crippen LogP contribution in [0.5, 0.6) is 0 Å². The Balaban J connectivity index is 0.757. The number of rotatable bonds is 35. The number of aryl methyl sites for hydroxylation is 2. The second kappa shape index (κ2) is 36.8. The van der Waals surface area contributed by atoms with Gasteiger partial charge in [0.2, 0.25) is 17.7 Å². The zero-order valence-electron chi connectivity index (χ0n) is 48.9. The molecular formula is C55H83ClN14O15S. The predicted octanol–water partition coefficient (Wildman–Crippen LogP) is 0.231. The van der Waals surface area contributed by atoms with E-state index in [0.29, 0.717) is 111 Å². The van der Waals surface area contributed by atoms with Gasteiger partial charge in [0, 0.05) is 117 Å². The van der Waals surface area contributed by atoms with Gasteiger partial charge in [0.05, 0.1) is 88.8 Å². The first kappa shape index (κ1) is 68.8. The monoisotopic (exact) mass is 1250 g/mol. The van der Waals surface area contributed by atoms with Crippen LogP contribution in [0, 0.1) is 13.8 Å². The Morgan fingerprint density at radius 2 is 1.22 bits per heavy atom. The minimum atomic E-state index is -1.04. The number of carbonyl (C=O) groups excluding carboxylic acids is 4. The van der Waals surface area contributed by atoms with Crippen LogP contribution in [0.15, 0.2) is 30.5 Å². The zero-order chi connectivity index (χ0) is 61.8. The zero-order valence-corrected chi connectivity index (χ0v) is 50.5. The summed E-state index contributed by atoms with van der Waals surface area (Å²) in [5.74, 6) is -2.12. The first-order chi connectivity index (χ1) is 41.4. The number of carboxylic acid groups (broad SMARTS) is 3. The summed E-state index contributed by atoms with van der Waals surface area (Å²) in [6.07, 6.45) is 1.95. The van der Waals surface area contributed by atoms with E-state index in [-0.39, 0.29) is 115 Å². The van der Waals surface area contributed by atoms with Crippen LogP contribution in [0.3, 0.4) is 0 Å². The van der Waals surface area contributed by atoms with Crippen molar-refractivity contribution in [2.24, 2.45) is 0 Å². The SMILES string of the molecule is Cc1nc(Nc2ncc(C(=O)Nc3c(C)cccc3Cl)s2)cc(N2CCN(CCNC(=O)CCOCCOCCOCCC(=O)N[C@@H](CCCCNC(=O)CN3CCN(CC(=O)O)CCN(CC(=O)O)CCN(CC(=O)O)CC3)C3OC3O)CC2)n1. The summed E-state index contributed by atoms with van der Waals surface area (Å²) in [6.45, 7) is 11.4. The highest BCUT2D eigenvalue weighted by Crippen LogP contribution is 2.29. The van der Waals surface area contributed by atoms with Crippen molar-refractivity contribution in [2.75, 3.05) is 180 Å². The number of aliphatic hydroxyl groups excluding tert-OH is 1. The summed E-state index contributed by atoms with van der Waals surface area (Å²) in [5, 5.41) is 54.2. The number of halogens is 1. The van der Waals surface area contributed by atoms with Gasteiger partial charge < -0.3 is 70.9 Å². The van der Waals surface area contributed by atoms with Crippen LogP contribution in [-0.4, -0.2) is 284 Å². The normalized spacial score (nSPS) is 18.1. The fourth-order valence-corrected chi connectivity index (χ4v) is 10.6. The maximum atomic E-state index is 13.1. The number of piperazine rings is 1. The molecule has 1 aromatic carbocycles. The molecule has 476 valence electrons. The summed E-state index contributed by atoms with van der Waals surface area (Å²) >= 11 is 7.50. The lowest BCUT2D eigenvalue weighted by Crippen LogP contribution is -2.49. The lowest BCUT2D eigenvalue weighted by Gasteiger charge is -2.35. The molecule has 0 bridgehead atoms. The summed E-state index contributed by atoms with van der Waals surface area (Å²) < 4.78 is 22.0. The van der Waals surface area contributed by atoms with Crippen LogP contribution in [0.25, 0.3) is 0 Å². The first-order valence-electron chi connectivity index (χ1n) is 28.9. The molecule has 29 nitrogen and oxygen atoms in total. The number of para-hydroxylation sites is 1. The molecule has 86 heavy (non-hydrogen) atoms. The Kier molecular flexibility index (Phi) is 29.4. The number of nitrogens with zero attached hydrogens (tertiary/aromatic N) is 9. The maximum absolute atomic E-state index is 13.1. The highest BCUT2D eigenvalue weighted by Gasteiger charge is 2.44. The molecule has 3 fully saturated rings. The van der Waals surface area contributed by atoms with Crippen molar-refractivity contribution in [1.82, 2.24) is 55.4 Å². The number of aliphatic hydroxyl groups is 1. The molecule has 6 rings (SSSR count). The average Bonchev–Trinajstić information content (AvgIpc) is 2.58. The number of anilines is 4. The van der Waals surface area contributed by atoms with E-state index in [1.54, 1.807) is 20.8 Å². The van der Waals surface area contributed by atoms with Crippen LogP contribution in [0.4, 0.5) is 22.5 Å². The smallest absolute Gasteiger partial charge is 0.317 e. The third-order valence-corrected chi connectivity index (χ3v) is 15.5. The van der Waals surface area contributed by atoms with Crippen LogP contribution in [-0.2, 0) is 47.7 Å². The largest absolute Gasteiger partial charge is 0.480 e. The lowest BCUT2D eigenvalue weighted by atomic mass is 10.1. The van der Waals surface area contributed by atoms with Crippen molar-refractivity contribution in [2.45, 2.75) is 64.4 Å². The second-order valence-corrected chi connectivity index (χ2v) is 22.4. The molecule has 0 spiro atoms. The molecule has 9 N–H and O–H groups in total. The van der Waals surface area contributed by atoms with Gasteiger partial charge in [-0.2, -0.15) is 0 Å². The fourth-order valence-electron chi connectivity index (χ4n) is 9.57. The number of hydrogen-bond acceptors (Lipinski definition) is 23. The molecule has 3 aliphatic rings. The lowest BCUT2D eigenvalue weighted by molar-refractivity contribution is -0.140. The van der Waals surface area contributed by atoms with E-state index in [0.717, 1.165) is 37.6 Å². The number of benzene rings is 1. The number of epoxide rings is 1. The molecule has 5 heterocycles. The number of hydrogen-bond donors (Lipinski definition) is 9. The van der Waals surface area contributed by atoms with Crippen LogP contribution < -0.4 is 31.5 Å². The maximum Gasteiger partial charge on any atom is 0.317 e. The Bertz CT molecular complexity index is 2620. The summed E-state index contributed by atoms with van der Waals surface area (Å²) in [6, 6.07) is 6.85. The minimum Gasteiger partial charge on any atom is -0.480 e. The van der Waals surface area contributed by atoms with Gasteiger partial charge in [0.15, 0.2) is 11.4 Å². The van der Waals surface area contributed by atoms with Crippen molar-refractivity contribution in [3.63, 3.8) is 0 Å². The number of aromatic nitrogens is 3. The highest BCUT2D eigenvalue weighted by atomic mass is 35.5. The second-order valence-electron chi connectivity index (χ2n) is 21.0. The predicted molar refractivity (Wildman–Crippen MR) is 318 cm³/mol. The van der Waals surface area contributed by atoms with Crippen molar-refractivity contribution >= 4 is 86.9 Å². The number of ether oxygens (including phenoxy) is 4. The quantitative estimate of drug-likeness (QED) is 0.0281. The van der Waals surface area contributed by atoms with Gasteiger partial charge in [-0.3, -0.25) is 58.1 Å². The Morgan fingerprint density at radius 3 is 1.78 bits per heavy atom. The Morgan fingerprint density at radius 1 is 0.686 bits per heavy atom. The standard InChI is InChI=1S/C55H83ClN14O15S/c1-38-6-5-7-40(56)51(38)64-53(80)42-33-59-55(86-42)63-43-32-44(61-39(2)60-43)70-24-22-65(23-25-70)13-12-58-45(71)9-26-82-28-30-84-31-29-83-27-10-46(72)62-41(52-54(81)85-52)8-3-4-11-57-47(73)34-66-14-16-67(35-48(74)75)18-20-69(37-50(78)79)21-19-68(17-15-66)36-49(76)77/h5-7,32-33,41,52,54,81H,3-4,8-31,34-37H2,1-2H3,(H,57,73)(H,58,71)(H,62,72)(H,64,80)(H,74,75)(H,76,77)(H,78,79)(H,59,60,61,63)/t41-,52?,54?/m0/s1. The van der Waals surface area contributed by atoms with Gasteiger partial charge >= 0.3 is 17.9 Å². The molecule has 31 heteroatoms. The van der Waals surface area contributed by atoms with Gasteiger partial charge in [-0.05, 0) is 44.7 Å². The average molecular weight is 1250 g/mol. The van der Waals surface area contributed by atoms with E-state index in [2.05, 4.69) is 51.3 Å². The number of nitrogens with one attached hydrogen (secondary N) is 5. The van der Waals surface area contributed by atoms with Crippen molar-refractivity contribution in [3.8, 4) is 0 Å². The van der Waals surface area contributed by atoms with E-state index < -0.39 is 36.3 Å². The molecule has 0 saturated carbocycles. The summed E-state index contributed by atoms with van der Waals surface area (Å²) in [7, 11) is 0. The summed E-state index contributed by atoms with van der Waals surface area (Å²) in [4.78, 5) is 111. The number of aliphatic carboxylic acids is 3. The van der Waals surface area contributed by atoms with E-state index in [4.69, 9.17) is 30.5 Å². The van der Waals surface area contributed by atoms with Crippen LogP contribution >= 0.6 is 22.9 Å². The molecule has 0 radical (unpaired) electrons. The first-order valence-corrected chi connectivity index (χ1v) is 30.1. The van der Waals surface area contributed by atoms with Crippen LogP contribution in [0.1, 0.15) is 53.2 Å². The Labute approximate surface area is 509 Å². The van der Waals surface area contributed by atoms with Gasteiger partial charge in [-0.25, -0.2) is 15.0 Å². The van der Waals surface area contributed by atoms with E-state index in [1.165, 1.54) is 17.5 Å². The molecule has 3 aromatic rings. The topological polar surface area (TPSA) is 359 Å². The van der Waals surface area contributed by atoms with Crippen molar-refractivity contribution in [1.29, 1.82) is 0 Å². The highest BCUT2D eigenvalue weighted by molar-refractivity contribution is 7.17. The van der Waals surface area contributed by atoms with E-state index in [1.807, 2.05) is 36.9 Å². The van der Waals surface area contributed by atoms with Gasteiger partial charge in [0.25, 0.3) is 5.91 Å². The molecule has 3 aliphatic heterocycles. The number of thiazole rings is 1. The molecule has 3 atom stereocenters. The van der Waals surface area contributed by atoms with Gasteiger partial charge in [-0.1, -0.05) is 35.1 Å². The van der Waals surface area contributed by atoms with E-state index in [9.17, 15) is 54.0 Å². The molecule has 0 aliphatic carbocycles. The van der Waals surface area contributed by atoms with Gasteiger partial charge in [0.1, 0.15) is 28.4 Å². The number of carboxylic acids is 3. The molecule has 3 saturated heterocycles. The fraction of sp³-hybridized carbons (Fsp3) is 0.636. The summed E-state index contributed by atoms with van der Waals surface area (Å²) in [5.41, 5.74) is 1.42. The number of carbonyl (C=O) groups is 7. The molecular weight excluding hydrogens is 1160 g/mol. The third-order valence-electron chi connectivity index (χ3n) is 14.3. The number of amides is 4. The third kappa shape index (κ3) is 26.0. The van der Waals surface area contributed by atoms with Crippen molar-refractivity contribution in [3.05, 3.63) is 51.7 Å². The Hall–Kier alpha value is -6.29. The molecule has 4 amide bonds. The van der Waals surface area contributed by atoms with E-state index >= 15 is 0 Å². The number of unbranched alkanes of at least 4 members (excludes halogenated alkanes) is 1. The van der Waals surface area contributed by atoms with Crippen LogP contribution in [0.2, 0.25) is 5.02 Å². The van der Waals surface area contributed by atoms with Crippen molar-refractivity contribution < 1.29 is 72.9 Å².